The first-order chi connectivity index (χ1) is 10.4. The highest BCUT2D eigenvalue weighted by Crippen LogP contribution is 2.24. The number of ether oxygens (including phenoxy) is 2. The van der Waals surface area contributed by atoms with E-state index >= 15 is 0 Å². The van der Waals surface area contributed by atoms with Gasteiger partial charge in [0, 0.05) is 12.3 Å². The van der Waals surface area contributed by atoms with Crippen LogP contribution in [0.2, 0.25) is 0 Å². The molecule has 1 heterocycles. The Morgan fingerprint density at radius 3 is 2.23 bits per heavy atom. The number of H-pyrrole nitrogens is 1. The van der Waals surface area contributed by atoms with Crippen molar-refractivity contribution >= 4 is 0 Å². The second-order valence-electron chi connectivity index (χ2n) is 6.27. The van der Waals surface area contributed by atoms with Crippen LogP contribution in [0.1, 0.15) is 32.0 Å². The van der Waals surface area contributed by atoms with Crippen LogP contribution in [0.4, 0.5) is 0 Å². The quantitative estimate of drug-likeness (QED) is 0.861. The highest BCUT2D eigenvalue weighted by molar-refractivity contribution is 5.31. The number of hydrogen-bond donors (Lipinski definition) is 1. The summed E-state index contributed by atoms with van der Waals surface area (Å²) in [5, 5.41) is 0. The third-order valence-electron chi connectivity index (χ3n) is 3.42. The van der Waals surface area contributed by atoms with Gasteiger partial charge in [0.2, 0.25) is 5.43 Å². The molecule has 0 unspecified atom stereocenters. The number of aromatic amines is 1. The van der Waals surface area contributed by atoms with Crippen molar-refractivity contribution < 1.29 is 9.47 Å². The standard InChI is InChI=1S/C18H23NO3/c1-13-17(16(20)9-10-19-13)22-12-11-21-15-7-5-14(6-8-15)18(2,3)4/h5-10H,11-12H2,1-4H3,(H,19,20). The summed E-state index contributed by atoms with van der Waals surface area (Å²) in [6.07, 6.45) is 1.61. The minimum Gasteiger partial charge on any atom is -0.490 e. The largest absolute Gasteiger partial charge is 0.490 e. The number of aryl methyl sites for hydroxylation is 1. The molecule has 4 heteroatoms. The van der Waals surface area contributed by atoms with Gasteiger partial charge in [-0.25, -0.2) is 0 Å². The Morgan fingerprint density at radius 2 is 1.64 bits per heavy atom. The smallest absolute Gasteiger partial charge is 0.223 e. The van der Waals surface area contributed by atoms with E-state index in [9.17, 15) is 4.79 Å². The molecule has 118 valence electrons. The van der Waals surface area contributed by atoms with Gasteiger partial charge in [0.15, 0.2) is 5.75 Å². The molecule has 0 spiro atoms. The summed E-state index contributed by atoms with van der Waals surface area (Å²) in [5.41, 5.74) is 2.00. The normalized spacial score (nSPS) is 11.3. The number of nitrogens with one attached hydrogen (secondary N) is 1. The van der Waals surface area contributed by atoms with Gasteiger partial charge in [-0.1, -0.05) is 32.9 Å². The Labute approximate surface area is 131 Å². The molecule has 0 radical (unpaired) electrons. The van der Waals surface area contributed by atoms with Gasteiger partial charge in [-0.2, -0.15) is 0 Å². The number of rotatable bonds is 5. The van der Waals surface area contributed by atoms with Crippen LogP contribution >= 0.6 is 0 Å². The molecular weight excluding hydrogens is 278 g/mol. The van der Waals surface area contributed by atoms with E-state index in [1.165, 1.54) is 11.6 Å². The predicted molar refractivity (Wildman–Crippen MR) is 87.9 cm³/mol. The summed E-state index contributed by atoms with van der Waals surface area (Å²) < 4.78 is 11.1. The van der Waals surface area contributed by atoms with E-state index in [0.29, 0.717) is 19.0 Å². The van der Waals surface area contributed by atoms with Crippen molar-refractivity contribution in [2.24, 2.45) is 0 Å². The van der Waals surface area contributed by atoms with Gasteiger partial charge in [0.25, 0.3) is 0 Å². The van der Waals surface area contributed by atoms with Crippen LogP contribution in [0.5, 0.6) is 11.5 Å². The molecule has 0 aliphatic heterocycles. The predicted octanol–water partition coefficient (Wildman–Crippen LogP) is 3.44. The first-order valence-corrected chi connectivity index (χ1v) is 7.42. The van der Waals surface area contributed by atoms with Gasteiger partial charge in [0.05, 0.1) is 5.69 Å². The lowest BCUT2D eigenvalue weighted by molar-refractivity contribution is 0.214. The fourth-order valence-corrected chi connectivity index (χ4v) is 2.10. The number of benzene rings is 1. The molecule has 0 saturated heterocycles. The van der Waals surface area contributed by atoms with Gasteiger partial charge in [-0.15, -0.1) is 0 Å². The Hall–Kier alpha value is -2.23. The van der Waals surface area contributed by atoms with Crippen LogP contribution in [-0.4, -0.2) is 18.2 Å². The minimum absolute atomic E-state index is 0.120. The van der Waals surface area contributed by atoms with E-state index in [1.54, 1.807) is 6.20 Å². The molecule has 0 atom stereocenters. The molecule has 4 nitrogen and oxygen atoms in total. The third kappa shape index (κ3) is 4.13. The van der Waals surface area contributed by atoms with Gasteiger partial charge in [-0.3, -0.25) is 4.79 Å². The Kier molecular flexibility index (Phi) is 4.91. The summed E-state index contributed by atoms with van der Waals surface area (Å²) in [7, 11) is 0. The van der Waals surface area contributed by atoms with Gasteiger partial charge < -0.3 is 14.5 Å². The highest BCUT2D eigenvalue weighted by Gasteiger charge is 2.12. The fourth-order valence-electron chi connectivity index (χ4n) is 2.10. The van der Waals surface area contributed by atoms with E-state index < -0.39 is 0 Å². The second-order valence-corrected chi connectivity index (χ2v) is 6.27. The van der Waals surface area contributed by atoms with Crippen molar-refractivity contribution in [2.75, 3.05) is 13.2 Å². The molecule has 22 heavy (non-hydrogen) atoms. The Balaban J connectivity index is 1.86. The number of pyridine rings is 1. The lowest BCUT2D eigenvalue weighted by Crippen LogP contribution is -2.15. The van der Waals surface area contributed by atoms with Gasteiger partial charge >= 0.3 is 0 Å². The third-order valence-corrected chi connectivity index (χ3v) is 3.42. The summed E-state index contributed by atoms with van der Waals surface area (Å²) in [6.45, 7) is 9.06. The van der Waals surface area contributed by atoms with Gasteiger partial charge in [0.1, 0.15) is 19.0 Å². The molecule has 1 aromatic heterocycles. The highest BCUT2D eigenvalue weighted by atomic mass is 16.5. The first kappa shape index (κ1) is 16.1. The molecule has 0 fully saturated rings. The van der Waals surface area contributed by atoms with Crippen LogP contribution in [0.3, 0.4) is 0 Å². The molecule has 0 saturated carbocycles. The van der Waals surface area contributed by atoms with Crippen molar-refractivity contribution in [3.05, 3.63) is 58.0 Å². The summed E-state index contributed by atoms with van der Waals surface area (Å²) in [5.74, 6) is 1.16. The SMILES string of the molecule is Cc1[nH]ccc(=O)c1OCCOc1ccc(C(C)(C)C)cc1. The van der Waals surface area contributed by atoms with Crippen LogP contribution in [0, 0.1) is 6.92 Å². The maximum atomic E-state index is 11.6. The Bertz CT molecular complexity index is 666. The first-order valence-electron chi connectivity index (χ1n) is 7.42. The van der Waals surface area contributed by atoms with Crippen molar-refractivity contribution in [1.82, 2.24) is 4.98 Å². The van der Waals surface area contributed by atoms with Crippen LogP contribution in [-0.2, 0) is 5.41 Å². The summed E-state index contributed by atoms with van der Waals surface area (Å²) in [4.78, 5) is 14.6. The molecule has 1 aromatic carbocycles. The Morgan fingerprint density at radius 1 is 1.00 bits per heavy atom. The molecule has 1 N–H and O–H groups in total. The van der Waals surface area contributed by atoms with Crippen LogP contribution < -0.4 is 14.9 Å². The van der Waals surface area contributed by atoms with Crippen molar-refractivity contribution in [2.45, 2.75) is 33.1 Å². The zero-order valence-electron chi connectivity index (χ0n) is 13.6. The monoisotopic (exact) mass is 301 g/mol. The molecular formula is C18H23NO3. The molecule has 0 aliphatic carbocycles. The molecule has 2 rings (SSSR count). The average molecular weight is 301 g/mol. The van der Waals surface area contributed by atoms with Crippen LogP contribution in [0.25, 0.3) is 0 Å². The van der Waals surface area contributed by atoms with E-state index in [1.807, 2.05) is 19.1 Å². The van der Waals surface area contributed by atoms with Gasteiger partial charge in [-0.05, 0) is 30.0 Å². The molecule has 0 amide bonds. The lowest BCUT2D eigenvalue weighted by atomic mass is 9.87. The molecule has 0 bridgehead atoms. The van der Waals surface area contributed by atoms with E-state index in [-0.39, 0.29) is 10.8 Å². The maximum Gasteiger partial charge on any atom is 0.223 e. The summed E-state index contributed by atoms with van der Waals surface area (Å²) in [6, 6.07) is 9.52. The second kappa shape index (κ2) is 6.69. The fraction of sp³-hybridized carbons (Fsp3) is 0.389. The molecule has 2 aromatic rings. The summed E-state index contributed by atoms with van der Waals surface area (Å²) >= 11 is 0. The van der Waals surface area contributed by atoms with E-state index in [0.717, 1.165) is 11.4 Å². The lowest BCUT2D eigenvalue weighted by Gasteiger charge is -2.19. The van der Waals surface area contributed by atoms with E-state index in [4.69, 9.17) is 9.47 Å². The number of aromatic nitrogens is 1. The van der Waals surface area contributed by atoms with Crippen LogP contribution in [0.15, 0.2) is 41.3 Å². The van der Waals surface area contributed by atoms with Crippen molar-refractivity contribution in [1.29, 1.82) is 0 Å². The molecule has 0 aliphatic rings. The topological polar surface area (TPSA) is 51.3 Å². The average Bonchev–Trinajstić information content (AvgIpc) is 2.45. The minimum atomic E-state index is -0.120. The maximum absolute atomic E-state index is 11.6. The number of hydrogen-bond acceptors (Lipinski definition) is 3. The zero-order chi connectivity index (χ0) is 16.2. The van der Waals surface area contributed by atoms with Crippen molar-refractivity contribution in [3.8, 4) is 11.5 Å². The van der Waals surface area contributed by atoms with Crippen molar-refractivity contribution in [3.63, 3.8) is 0 Å². The zero-order valence-corrected chi connectivity index (χ0v) is 13.6. The van der Waals surface area contributed by atoms with E-state index in [2.05, 4.69) is 37.9 Å².